The van der Waals surface area contributed by atoms with Gasteiger partial charge in [0.05, 0.1) is 7.11 Å². The maximum absolute atomic E-state index is 9.51. The minimum Gasteiger partial charge on any atom is -0.508 e. The summed E-state index contributed by atoms with van der Waals surface area (Å²) in [5.74, 6) is 1.17. The predicted octanol–water partition coefficient (Wildman–Crippen LogP) is 2.88. The Bertz CT molecular complexity index is 587. The molecule has 21 heavy (non-hydrogen) atoms. The molecule has 112 valence electrons. The Labute approximate surface area is 126 Å². The van der Waals surface area contributed by atoms with E-state index in [1.165, 1.54) is 5.56 Å². The second kappa shape index (κ2) is 7.11. The first-order valence-corrected chi connectivity index (χ1v) is 6.91. The van der Waals surface area contributed by atoms with Crippen LogP contribution < -0.4 is 4.74 Å². The highest BCUT2D eigenvalue weighted by atomic mass is 16.5. The minimum absolute atomic E-state index is 0.302. The average Bonchev–Trinajstić information content (AvgIpc) is 2.47. The summed E-state index contributed by atoms with van der Waals surface area (Å²) in [5.41, 5.74) is 2.27. The lowest BCUT2D eigenvalue weighted by Gasteiger charge is -2.28. The molecule has 2 aromatic rings. The van der Waals surface area contributed by atoms with Crippen molar-refractivity contribution in [2.75, 3.05) is 21.2 Å². The van der Waals surface area contributed by atoms with Crippen LogP contribution in [-0.2, 0) is 13.1 Å². The monoisotopic (exact) mass is 286 g/mol. The second-order valence-electron chi connectivity index (χ2n) is 5.15. The lowest BCUT2D eigenvalue weighted by Crippen LogP contribution is -2.35. The van der Waals surface area contributed by atoms with E-state index in [1.54, 1.807) is 19.2 Å². The third-order valence-corrected chi connectivity index (χ3v) is 3.45. The molecular formula is C17H22N2O2. The van der Waals surface area contributed by atoms with Crippen LogP contribution in [0, 0.1) is 0 Å². The number of phenols is 1. The van der Waals surface area contributed by atoms with Crippen LogP contribution in [0.25, 0.3) is 0 Å². The van der Waals surface area contributed by atoms with Crippen LogP contribution in [-0.4, -0.2) is 36.3 Å². The summed E-state index contributed by atoms with van der Waals surface area (Å²) in [5, 5.41) is 13.8. The minimum atomic E-state index is 0.302. The zero-order valence-corrected chi connectivity index (χ0v) is 12.8. The van der Waals surface area contributed by atoms with Gasteiger partial charge in [0.25, 0.3) is 0 Å². The van der Waals surface area contributed by atoms with E-state index in [-0.39, 0.29) is 0 Å². The van der Waals surface area contributed by atoms with Crippen molar-refractivity contribution in [1.82, 2.24) is 10.0 Å². The number of aromatic hydroxyl groups is 1. The van der Waals surface area contributed by atoms with Crippen LogP contribution in [0.15, 0.2) is 48.5 Å². The lowest BCUT2D eigenvalue weighted by atomic mass is 10.2. The first-order valence-electron chi connectivity index (χ1n) is 6.91. The van der Waals surface area contributed by atoms with E-state index in [4.69, 9.17) is 4.74 Å². The number of hydrogen-bond acceptors (Lipinski definition) is 4. The van der Waals surface area contributed by atoms with E-state index in [1.807, 2.05) is 44.4 Å². The number of nitrogens with zero attached hydrogens (tertiary/aromatic N) is 2. The summed E-state index contributed by atoms with van der Waals surface area (Å²) in [7, 11) is 5.75. The van der Waals surface area contributed by atoms with Gasteiger partial charge < -0.3 is 9.84 Å². The summed E-state index contributed by atoms with van der Waals surface area (Å²) in [6.45, 7) is 1.54. The van der Waals surface area contributed by atoms with Gasteiger partial charge >= 0.3 is 0 Å². The molecule has 0 aliphatic heterocycles. The fourth-order valence-corrected chi connectivity index (χ4v) is 2.20. The standard InChI is InChI=1S/C17H22N2O2/c1-18(12-14-6-4-8-16(20)10-14)19(2)13-15-7-5-9-17(11-15)21-3/h4-11,20H,12-13H2,1-3H3. The molecule has 0 aliphatic carbocycles. The van der Waals surface area contributed by atoms with E-state index < -0.39 is 0 Å². The van der Waals surface area contributed by atoms with Gasteiger partial charge in [0.15, 0.2) is 0 Å². The Morgan fingerprint density at radius 1 is 0.905 bits per heavy atom. The highest BCUT2D eigenvalue weighted by Crippen LogP contribution is 2.16. The Kier molecular flexibility index (Phi) is 5.20. The molecule has 4 nitrogen and oxygen atoms in total. The van der Waals surface area contributed by atoms with Crippen molar-refractivity contribution in [2.45, 2.75) is 13.1 Å². The van der Waals surface area contributed by atoms with Crippen molar-refractivity contribution in [2.24, 2.45) is 0 Å². The molecule has 4 heteroatoms. The molecule has 0 aromatic heterocycles. The first kappa shape index (κ1) is 15.4. The molecule has 0 radical (unpaired) electrons. The summed E-state index contributed by atoms with van der Waals surface area (Å²) in [6, 6.07) is 15.4. The first-order chi connectivity index (χ1) is 10.1. The van der Waals surface area contributed by atoms with E-state index in [0.29, 0.717) is 5.75 Å². The number of ether oxygens (including phenoxy) is 1. The highest BCUT2D eigenvalue weighted by molar-refractivity contribution is 5.28. The number of methoxy groups -OCH3 is 1. The summed E-state index contributed by atoms with van der Waals surface area (Å²) < 4.78 is 5.25. The van der Waals surface area contributed by atoms with Gasteiger partial charge in [0, 0.05) is 27.2 Å². The molecule has 0 heterocycles. The number of hydrogen-bond donors (Lipinski definition) is 1. The molecule has 0 saturated carbocycles. The summed E-state index contributed by atoms with van der Waals surface area (Å²) in [4.78, 5) is 0. The van der Waals surface area contributed by atoms with Crippen molar-refractivity contribution < 1.29 is 9.84 Å². The van der Waals surface area contributed by atoms with Crippen LogP contribution in [0.5, 0.6) is 11.5 Å². The molecule has 0 spiro atoms. The van der Waals surface area contributed by atoms with Gasteiger partial charge in [-0.1, -0.05) is 24.3 Å². The van der Waals surface area contributed by atoms with Crippen LogP contribution in [0.4, 0.5) is 0 Å². The number of phenolic OH excluding ortho intramolecular Hbond substituents is 1. The number of benzene rings is 2. The molecule has 0 amide bonds. The fraction of sp³-hybridized carbons (Fsp3) is 0.294. The maximum atomic E-state index is 9.51. The highest BCUT2D eigenvalue weighted by Gasteiger charge is 2.08. The van der Waals surface area contributed by atoms with Crippen molar-refractivity contribution in [3.8, 4) is 11.5 Å². The molecule has 0 aliphatic rings. The van der Waals surface area contributed by atoms with Crippen LogP contribution in [0.3, 0.4) is 0 Å². The Hall–Kier alpha value is -2.04. The van der Waals surface area contributed by atoms with Gasteiger partial charge in [-0.3, -0.25) is 0 Å². The zero-order chi connectivity index (χ0) is 15.2. The van der Waals surface area contributed by atoms with E-state index >= 15 is 0 Å². The molecular weight excluding hydrogens is 264 g/mol. The predicted molar refractivity (Wildman–Crippen MR) is 84.0 cm³/mol. The molecule has 1 N–H and O–H groups in total. The third kappa shape index (κ3) is 4.48. The summed E-state index contributed by atoms with van der Waals surface area (Å²) in [6.07, 6.45) is 0. The van der Waals surface area contributed by atoms with E-state index in [2.05, 4.69) is 16.1 Å². The quantitative estimate of drug-likeness (QED) is 0.828. The number of rotatable bonds is 6. The smallest absolute Gasteiger partial charge is 0.119 e. The van der Waals surface area contributed by atoms with Gasteiger partial charge in [-0.05, 0) is 35.4 Å². The second-order valence-corrected chi connectivity index (χ2v) is 5.15. The molecule has 0 bridgehead atoms. The fourth-order valence-electron chi connectivity index (χ4n) is 2.20. The molecule has 2 rings (SSSR count). The van der Waals surface area contributed by atoms with Crippen molar-refractivity contribution in [1.29, 1.82) is 0 Å². The van der Waals surface area contributed by atoms with Crippen molar-refractivity contribution in [3.05, 3.63) is 59.7 Å². The van der Waals surface area contributed by atoms with E-state index in [9.17, 15) is 5.11 Å². The molecule has 0 unspecified atom stereocenters. The topological polar surface area (TPSA) is 35.9 Å². The average molecular weight is 286 g/mol. The summed E-state index contributed by atoms with van der Waals surface area (Å²) >= 11 is 0. The number of hydrazine groups is 1. The SMILES string of the molecule is COc1cccc(CN(C)N(C)Cc2cccc(O)c2)c1. The van der Waals surface area contributed by atoms with Crippen molar-refractivity contribution >= 4 is 0 Å². The lowest BCUT2D eigenvalue weighted by molar-refractivity contribution is 0.0108. The third-order valence-electron chi connectivity index (χ3n) is 3.45. The molecule has 0 saturated heterocycles. The van der Waals surface area contributed by atoms with Gasteiger partial charge in [0.2, 0.25) is 0 Å². The maximum Gasteiger partial charge on any atom is 0.119 e. The largest absolute Gasteiger partial charge is 0.508 e. The van der Waals surface area contributed by atoms with Gasteiger partial charge in [0.1, 0.15) is 11.5 Å². The Balaban J connectivity index is 1.97. The normalized spacial score (nSPS) is 11.1. The Morgan fingerprint density at radius 2 is 1.48 bits per heavy atom. The van der Waals surface area contributed by atoms with E-state index in [0.717, 1.165) is 24.4 Å². The van der Waals surface area contributed by atoms with Gasteiger partial charge in [-0.2, -0.15) is 0 Å². The van der Waals surface area contributed by atoms with Gasteiger partial charge in [-0.15, -0.1) is 0 Å². The molecule has 2 aromatic carbocycles. The molecule has 0 atom stereocenters. The zero-order valence-electron chi connectivity index (χ0n) is 12.8. The van der Waals surface area contributed by atoms with Crippen LogP contribution in [0.1, 0.15) is 11.1 Å². The van der Waals surface area contributed by atoms with Crippen LogP contribution >= 0.6 is 0 Å². The van der Waals surface area contributed by atoms with Crippen LogP contribution in [0.2, 0.25) is 0 Å². The van der Waals surface area contributed by atoms with Crippen molar-refractivity contribution in [3.63, 3.8) is 0 Å². The van der Waals surface area contributed by atoms with Gasteiger partial charge in [-0.25, -0.2) is 10.0 Å². The Morgan fingerprint density at radius 3 is 2.05 bits per heavy atom. The molecule has 0 fully saturated rings.